The molecule has 0 saturated carbocycles. The fraction of sp³-hybridized carbons (Fsp3) is 0.250. The molecule has 0 unspecified atom stereocenters. The number of hydrogen-bond donors (Lipinski definition) is 1. The molecule has 70 valence electrons. The highest BCUT2D eigenvalue weighted by Crippen LogP contribution is 2.30. The molecule has 13 heavy (non-hydrogen) atoms. The molecule has 1 aromatic rings. The predicted molar refractivity (Wildman–Crippen MR) is 54.3 cm³/mol. The molecule has 0 saturated heterocycles. The van der Waals surface area contributed by atoms with E-state index in [1.807, 2.05) is 6.92 Å². The first-order valence-corrected chi connectivity index (χ1v) is 4.59. The number of hydrogen-bond acceptors (Lipinski definition) is 4. The zero-order valence-corrected chi connectivity index (χ0v) is 8.06. The lowest BCUT2D eigenvalue weighted by Gasteiger charge is -2.01. The monoisotopic (exact) mass is 198 g/mol. The van der Waals surface area contributed by atoms with E-state index in [4.69, 9.17) is 0 Å². The highest BCUT2D eigenvalue weighted by molar-refractivity contribution is 7.14. The zero-order chi connectivity index (χ0) is 9.84. The topological polar surface area (TPSA) is 55.2 Å². The second-order valence-electron chi connectivity index (χ2n) is 2.70. The van der Waals surface area contributed by atoms with Crippen molar-refractivity contribution in [1.29, 1.82) is 0 Å². The van der Waals surface area contributed by atoms with E-state index in [9.17, 15) is 10.1 Å². The van der Waals surface area contributed by atoms with Crippen molar-refractivity contribution in [2.75, 3.05) is 11.9 Å². The quantitative estimate of drug-likeness (QED) is 0.459. The molecule has 1 rings (SSSR count). The number of nitro groups is 1. The Hall–Kier alpha value is -1.36. The van der Waals surface area contributed by atoms with E-state index in [0.29, 0.717) is 11.5 Å². The molecule has 0 spiro atoms. The van der Waals surface area contributed by atoms with E-state index in [1.54, 1.807) is 5.38 Å². The Morgan fingerprint density at radius 3 is 3.08 bits per heavy atom. The summed E-state index contributed by atoms with van der Waals surface area (Å²) in [5.41, 5.74) is 1.08. The van der Waals surface area contributed by atoms with Gasteiger partial charge in [-0.05, 0) is 12.3 Å². The minimum absolute atomic E-state index is 0.131. The molecule has 1 N–H and O–H groups in total. The molecule has 0 aliphatic rings. The summed E-state index contributed by atoms with van der Waals surface area (Å²) in [5.74, 6) is 0. The van der Waals surface area contributed by atoms with Crippen molar-refractivity contribution in [3.63, 3.8) is 0 Å². The zero-order valence-electron chi connectivity index (χ0n) is 7.24. The minimum atomic E-state index is -0.392. The van der Waals surface area contributed by atoms with Gasteiger partial charge in [0.2, 0.25) is 0 Å². The molecular weight excluding hydrogens is 188 g/mol. The van der Waals surface area contributed by atoms with Crippen molar-refractivity contribution >= 4 is 22.0 Å². The SMILES string of the molecule is C=C(C)CNc1sccc1[N+](=O)[O-]. The van der Waals surface area contributed by atoms with Gasteiger partial charge in [0.05, 0.1) is 4.92 Å². The van der Waals surface area contributed by atoms with Gasteiger partial charge < -0.3 is 5.32 Å². The van der Waals surface area contributed by atoms with E-state index >= 15 is 0 Å². The van der Waals surface area contributed by atoms with Crippen LogP contribution < -0.4 is 5.32 Å². The molecule has 5 heteroatoms. The molecule has 0 atom stereocenters. The predicted octanol–water partition coefficient (Wildman–Crippen LogP) is 2.64. The van der Waals surface area contributed by atoms with Gasteiger partial charge in [0.15, 0.2) is 5.00 Å². The van der Waals surface area contributed by atoms with Gasteiger partial charge in [-0.1, -0.05) is 12.2 Å². The molecule has 0 amide bonds. The molecule has 0 aliphatic heterocycles. The average molecular weight is 198 g/mol. The van der Waals surface area contributed by atoms with Gasteiger partial charge in [0, 0.05) is 12.6 Å². The van der Waals surface area contributed by atoms with E-state index < -0.39 is 4.92 Å². The fourth-order valence-corrected chi connectivity index (χ4v) is 1.56. The van der Waals surface area contributed by atoms with Gasteiger partial charge in [0.1, 0.15) is 0 Å². The van der Waals surface area contributed by atoms with Crippen molar-refractivity contribution in [2.24, 2.45) is 0 Å². The van der Waals surface area contributed by atoms with Crippen LogP contribution in [0, 0.1) is 10.1 Å². The van der Waals surface area contributed by atoms with Crippen molar-refractivity contribution in [3.8, 4) is 0 Å². The summed E-state index contributed by atoms with van der Waals surface area (Å²) in [7, 11) is 0. The summed E-state index contributed by atoms with van der Waals surface area (Å²) in [5, 5.41) is 15.7. The third-order valence-electron chi connectivity index (χ3n) is 1.39. The first kappa shape index (κ1) is 9.73. The van der Waals surface area contributed by atoms with Crippen LogP contribution in [0.3, 0.4) is 0 Å². The molecule has 4 nitrogen and oxygen atoms in total. The lowest BCUT2D eigenvalue weighted by Crippen LogP contribution is -2.01. The molecule has 0 aromatic carbocycles. The maximum atomic E-state index is 10.5. The minimum Gasteiger partial charge on any atom is -0.368 e. The Morgan fingerprint density at radius 1 is 1.85 bits per heavy atom. The summed E-state index contributed by atoms with van der Waals surface area (Å²) in [6.07, 6.45) is 0. The second kappa shape index (κ2) is 4.04. The first-order valence-electron chi connectivity index (χ1n) is 3.71. The Bertz CT molecular complexity index is 333. The number of rotatable bonds is 4. The van der Waals surface area contributed by atoms with Crippen molar-refractivity contribution in [3.05, 3.63) is 33.7 Å². The van der Waals surface area contributed by atoms with Crippen LogP contribution in [0.5, 0.6) is 0 Å². The third kappa shape index (κ3) is 2.55. The maximum absolute atomic E-state index is 10.5. The van der Waals surface area contributed by atoms with Gasteiger partial charge in [-0.2, -0.15) is 0 Å². The Balaban J connectivity index is 2.71. The molecule has 1 heterocycles. The molecule has 0 bridgehead atoms. The van der Waals surface area contributed by atoms with Crippen LogP contribution in [-0.2, 0) is 0 Å². The second-order valence-corrected chi connectivity index (χ2v) is 3.62. The van der Waals surface area contributed by atoms with E-state index in [2.05, 4.69) is 11.9 Å². The summed E-state index contributed by atoms with van der Waals surface area (Å²) < 4.78 is 0. The summed E-state index contributed by atoms with van der Waals surface area (Å²) in [6, 6.07) is 1.49. The first-order chi connectivity index (χ1) is 6.11. The lowest BCUT2D eigenvalue weighted by molar-refractivity contribution is -0.383. The van der Waals surface area contributed by atoms with Crippen LogP contribution in [0.2, 0.25) is 0 Å². The van der Waals surface area contributed by atoms with Crippen LogP contribution >= 0.6 is 11.3 Å². The summed E-state index contributed by atoms with van der Waals surface area (Å²) in [4.78, 5) is 10.1. The highest BCUT2D eigenvalue weighted by Gasteiger charge is 2.13. The number of thiophene rings is 1. The van der Waals surface area contributed by atoms with Crippen LogP contribution in [0.4, 0.5) is 10.7 Å². The van der Waals surface area contributed by atoms with Gasteiger partial charge >= 0.3 is 5.69 Å². The largest absolute Gasteiger partial charge is 0.368 e. The third-order valence-corrected chi connectivity index (χ3v) is 2.25. The number of nitrogens with zero attached hydrogens (tertiary/aromatic N) is 1. The summed E-state index contributed by atoms with van der Waals surface area (Å²) in [6.45, 7) is 6.14. The highest BCUT2D eigenvalue weighted by atomic mass is 32.1. The molecule has 1 aromatic heterocycles. The van der Waals surface area contributed by atoms with Crippen LogP contribution in [0.1, 0.15) is 6.92 Å². The number of nitrogens with one attached hydrogen (secondary N) is 1. The fourth-order valence-electron chi connectivity index (χ4n) is 0.810. The van der Waals surface area contributed by atoms with Gasteiger partial charge in [-0.15, -0.1) is 11.3 Å². The van der Waals surface area contributed by atoms with E-state index in [0.717, 1.165) is 5.57 Å². The van der Waals surface area contributed by atoms with Crippen LogP contribution in [0.25, 0.3) is 0 Å². The van der Waals surface area contributed by atoms with Crippen LogP contribution in [0.15, 0.2) is 23.6 Å². The average Bonchev–Trinajstić information content (AvgIpc) is 2.47. The van der Waals surface area contributed by atoms with Gasteiger partial charge in [0.25, 0.3) is 0 Å². The van der Waals surface area contributed by atoms with Crippen molar-refractivity contribution < 1.29 is 4.92 Å². The molecular formula is C8H10N2O2S. The normalized spacial score (nSPS) is 9.62. The van der Waals surface area contributed by atoms with Crippen LogP contribution in [-0.4, -0.2) is 11.5 Å². The van der Waals surface area contributed by atoms with Crippen molar-refractivity contribution in [2.45, 2.75) is 6.92 Å². The standard InChI is InChI=1S/C8H10N2O2S/c1-6(2)5-9-8-7(10(11)12)3-4-13-8/h3-4,9H,1,5H2,2H3. The molecule has 0 radical (unpaired) electrons. The molecule has 0 aliphatic carbocycles. The maximum Gasteiger partial charge on any atom is 0.303 e. The Kier molecular flexibility index (Phi) is 3.02. The van der Waals surface area contributed by atoms with Crippen molar-refractivity contribution in [1.82, 2.24) is 0 Å². The number of anilines is 1. The van der Waals surface area contributed by atoms with Gasteiger partial charge in [-0.3, -0.25) is 10.1 Å². The van der Waals surface area contributed by atoms with E-state index in [1.165, 1.54) is 17.4 Å². The smallest absolute Gasteiger partial charge is 0.303 e. The Morgan fingerprint density at radius 2 is 2.54 bits per heavy atom. The Labute approximate surface area is 80.0 Å². The van der Waals surface area contributed by atoms with E-state index in [-0.39, 0.29) is 5.69 Å². The lowest BCUT2D eigenvalue weighted by atomic mass is 10.3. The molecule has 0 fully saturated rings. The summed E-state index contributed by atoms with van der Waals surface area (Å²) >= 11 is 1.33. The van der Waals surface area contributed by atoms with Gasteiger partial charge in [-0.25, -0.2) is 0 Å².